The van der Waals surface area contributed by atoms with Gasteiger partial charge in [0.2, 0.25) is 0 Å². The molecule has 0 saturated heterocycles. The highest BCUT2D eigenvalue weighted by molar-refractivity contribution is 7.92. The molecule has 0 saturated carbocycles. The van der Waals surface area contributed by atoms with Crippen LogP contribution in [0.15, 0.2) is 35.5 Å². The first-order valence-electron chi connectivity index (χ1n) is 7.39. The third-order valence-corrected chi connectivity index (χ3v) is 6.62. The molecule has 1 N–H and O–H groups in total. The quantitative estimate of drug-likeness (QED) is 0.791. The standard InChI is InChI=1S/C16H15N3O2S2/c1-10-5-7-11(8-6-10)23(20,21)19-15-14-12-3-2-4-13(12)22-16(14)18-9-17-15/h5-9H,2-4H2,1H3,(H,17,18,19). The minimum Gasteiger partial charge on any atom is -0.263 e. The van der Waals surface area contributed by atoms with Gasteiger partial charge < -0.3 is 0 Å². The first-order chi connectivity index (χ1) is 11.0. The number of thiophene rings is 1. The first-order valence-corrected chi connectivity index (χ1v) is 9.69. The van der Waals surface area contributed by atoms with Crippen molar-refractivity contribution in [1.29, 1.82) is 0 Å². The zero-order chi connectivity index (χ0) is 16.0. The monoisotopic (exact) mass is 345 g/mol. The van der Waals surface area contributed by atoms with Crippen LogP contribution in [0.3, 0.4) is 0 Å². The maximum atomic E-state index is 12.6. The second-order valence-electron chi connectivity index (χ2n) is 5.68. The lowest BCUT2D eigenvalue weighted by Gasteiger charge is -2.09. The molecular formula is C16H15N3O2S2. The Kier molecular flexibility index (Phi) is 3.35. The number of anilines is 1. The highest BCUT2D eigenvalue weighted by atomic mass is 32.2. The van der Waals surface area contributed by atoms with Crippen molar-refractivity contribution in [2.45, 2.75) is 31.1 Å². The van der Waals surface area contributed by atoms with Crippen LogP contribution in [-0.4, -0.2) is 18.4 Å². The Hall–Kier alpha value is -1.99. The van der Waals surface area contributed by atoms with Crippen LogP contribution < -0.4 is 4.72 Å². The summed E-state index contributed by atoms with van der Waals surface area (Å²) in [5.74, 6) is 0.384. The van der Waals surface area contributed by atoms with Crippen LogP contribution in [0.1, 0.15) is 22.4 Å². The topological polar surface area (TPSA) is 72.0 Å². The van der Waals surface area contributed by atoms with Gasteiger partial charge in [0, 0.05) is 4.88 Å². The SMILES string of the molecule is Cc1ccc(S(=O)(=O)Nc2ncnc3sc4c(c23)CCC4)cc1. The molecule has 0 fully saturated rings. The van der Waals surface area contributed by atoms with Gasteiger partial charge in [0.25, 0.3) is 10.0 Å². The van der Waals surface area contributed by atoms with E-state index in [0.29, 0.717) is 5.82 Å². The van der Waals surface area contributed by atoms with Crippen molar-refractivity contribution in [1.82, 2.24) is 9.97 Å². The lowest BCUT2D eigenvalue weighted by molar-refractivity contribution is 0.601. The van der Waals surface area contributed by atoms with Gasteiger partial charge in [-0.2, -0.15) is 0 Å². The molecule has 1 aromatic carbocycles. The van der Waals surface area contributed by atoms with Gasteiger partial charge in [-0.15, -0.1) is 11.3 Å². The van der Waals surface area contributed by atoms with Crippen LogP contribution >= 0.6 is 11.3 Å². The first kappa shape index (κ1) is 14.6. The zero-order valence-corrected chi connectivity index (χ0v) is 14.2. The van der Waals surface area contributed by atoms with Crippen molar-refractivity contribution in [2.75, 3.05) is 4.72 Å². The number of nitrogens with one attached hydrogen (secondary N) is 1. The number of fused-ring (bicyclic) bond motifs is 3. The molecule has 0 spiro atoms. The molecule has 0 aliphatic heterocycles. The Labute approximate surface area is 138 Å². The summed E-state index contributed by atoms with van der Waals surface area (Å²) in [5, 5.41) is 0.862. The second kappa shape index (κ2) is 5.28. The predicted molar refractivity (Wildman–Crippen MR) is 91.4 cm³/mol. The number of hydrogen-bond acceptors (Lipinski definition) is 5. The Morgan fingerprint density at radius 2 is 1.91 bits per heavy atom. The summed E-state index contributed by atoms with van der Waals surface area (Å²) >= 11 is 1.64. The third-order valence-electron chi connectivity index (χ3n) is 4.06. The lowest BCUT2D eigenvalue weighted by atomic mass is 10.2. The van der Waals surface area contributed by atoms with Crippen molar-refractivity contribution in [3.8, 4) is 0 Å². The number of rotatable bonds is 3. The van der Waals surface area contributed by atoms with Crippen molar-refractivity contribution >= 4 is 37.4 Å². The fraction of sp³-hybridized carbons (Fsp3) is 0.250. The molecule has 1 aliphatic rings. The normalized spacial score (nSPS) is 14.1. The van der Waals surface area contributed by atoms with Gasteiger partial charge in [0.15, 0.2) is 5.82 Å². The van der Waals surface area contributed by atoms with E-state index in [2.05, 4.69) is 14.7 Å². The molecule has 3 aromatic rings. The zero-order valence-electron chi connectivity index (χ0n) is 12.5. The molecule has 0 atom stereocenters. The van der Waals surface area contributed by atoms with Gasteiger partial charge in [-0.05, 0) is 43.9 Å². The molecule has 1 aliphatic carbocycles. The highest BCUT2D eigenvalue weighted by Gasteiger charge is 2.23. The van der Waals surface area contributed by atoms with E-state index in [4.69, 9.17) is 0 Å². The number of aromatic nitrogens is 2. The largest absolute Gasteiger partial charge is 0.263 e. The Bertz CT molecular complexity index is 992. The summed E-state index contributed by atoms with van der Waals surface area (Å²) in [6.45, 7) is 1.92. The molecule has 5 nitrogen and oxygen atoms in total. The van der Waals surface area contributed by atoms with Gasteiger partial charge in [0.1, 0.15) is 11.2 Å². The van der Waals surface area contributed by atoms with Crippen LogP contribution in [0.5, 0.6) is 0 Å². The van der Waals surface area contributed by atoms with Gasteiger partial charge in [0.05, 0.1) is 10.3 Å². The number of sulfonamides is 1. The van der Waals surface area contributed by atoms with Crippen LogP contribution in [0.2, 0.25) is 0 Å². The van der Waals surface area contributed by atoms with E-state index in [1.807, 2.05) is 6.92 Å². The van der Waals surface area contributed by atoms with E-state index in [0.717, 1.165) is 35.0 Å². The Morgan fingerprint density at radius 3 is 2.70 bits per heavy atom. The summed E-state index contributed by atoms with van der Waals surface area (Å²) in [4.78, 5) is 10.9. The molecule has 0 bridgehead atoms. The second-order valence-corrected chi connectivity index (χ2v) is 8.44. The van der Waals surface area contributed by atoms with E-state index in [9.17, 15) is 8.42 Å². The van der Waals surface area contributed by atoms with Gasteiger partial charge in [-0.1, -0.05) is 17.7 Å². The fourth-order valence-corrected chi connectivity index (χ4v) is 5.16. The molecule has 118 valence electrons. The maximum Gasteiger partial charge on any atom is 0.263 e. The molecule has 4 rings (SSSR count). The number of hydrogen-bond donors (Lipinski definition) is 1. The van der Waals surface area contributed by atoms with Crippen molar-refractivity contribution in [3.05, 3.63) is 46.6 Å². The lowest BCUT2D eigenvalue weighted by Crippen LogP contribution is -2.14. The molecule has 0 amide bonds. The maximum absolute atomic E-state index is 12.6. The average Bonchev–Trinajstić information content (AvgIpc) is 3.08. The van der Waals surface area contributed by atoms with E-state index in [1.54, 1.807) is 35.6 Å². The van der Waals surface area contributed by atoms with E-state index in [-0.39, 0.29) is 4.90 Å². The Balaban J connectivity index is 1.79. The van der Waals surface area contributed by atoms with Crippen LogP contribution in [0.4, 0.5) is 5.82 Å². The van der Waals surface area contributed by atoms with Crippen LogP contribution in [0.25, 0.3) is 10.2 Å². The highest BCUT2D eigenvalue weighted by Crippen LogP contribution is 2.39. The third kappa shape index (κ3) is 2.49. The fourth-order valence-electron chi connectivity index (χ4n) is 2.91. The molecule has 7 heteroatoms. The molecule has 0 unspecified atom stereocenters. The molecule has 23 heavy (non-hydrogen) atoms. The van der Waals surface area contributed by atoms with Crippen LogP contribution in [0, 0.1) is 6.92 Å². The summed E-state index contributed by atoms with van der Waals surface area (Å²) in [6.07, 6.45) is 4.53. The molecular weight excluding hydrogens is 330 g/mol. The number of nitrogens with zero attached hydrogens (tertiary/aromatic N) is 2. The van der Waals surface area contributed by atoms with Crippen LogP contribution in [-0.2, 0) is 22.9 Å². The summed E-state index contributed by atoms with van der Waals surface area (Å²) in [5.41, 5.74) is 2.22. The minimum atomic E-state index is -3.65. The smallest absolute Gasteiger partial charge is 0.263 e. The van der Waals surface area contributed by atoms with Crippen molar-refractivity contribution in [3.63, 3.8) is 0 Å². The van der Waals surface area contributed by atoms with Crippen molar-refractivity contribution < 1.29 is 8.42 Å². The molecule has 0 radical (unpaired) electrons. The van der Waals surface area contributed by atoms with Gasteiger partial charge >= 0.3 is 0 Å². The van der Waals surface area contributed by atoms with Gasteiger partial charge in [-0.25, -0.2) is 18.4 Å². The molecule has 2 heterocycles. The summed E-state index contributed by atoms with van der Waals surface area (Å²) in [6, 6.07) is 6.78. The predicted octanol–water partition coefficient (Wildman–Crippen LogP) is 3.29. The minimum absolute atomic E-state index is 0.238. The van der Waals surface area contributed by atoms with Gasteiger partial charge in [-0.3, -0.25) is 4.72 Å². The number of benzene rings is 1. The Morgan fingerprint density at radius 1 is 1.13 bits per heavy atom. The summed E-state index contributed by atoms with van der Waals surface area (Å²) < 4.78 is 27.9. The van der Waals surface area contributed by atoms with E-state index >= 15 is 0 Å². The van der Waals surface area contributed by atoms with E-state index < -0.39 is 10.0 Å². The number of aryl methyl sites for hydroxylation is 3. The summed E-state index contributed by atoms with van der Waals surface area (Å²) in [7, 11) is -3.65. The van der Waals surface area contributed by atoms with E-state index in [1.165, 1.54) is 16.8 Å². The average molecular weight is 345 g/mol. The molecule has 2 aromatic heterocycles. The van der Waals surface area contributed by atoms with Crippen molar-refractivity contribution in [2.24, 2.45) is 0 Å².